The van der Waals surface area contributed by atoms with Gasteiger partial charge in [-0.1, -0.05) is 24.3 Å². The highest BCUT2D eigenvalue weighted by Crippen LogP contribution is 2.25. The van der Waals surface area contributed by atoms with Crippen molar-refractivity contribution in [1.82, 2.24) is 5.32 Å². The number of amides is 1. The van der Waals surface area contributed by atoms with E-state index in [2.05, 4.69) is 30.1 Å². The van der Waals surface area contributed by atoms with Gasteiger partial charge in [0.2, 0.25) is 10.0 Å². The number of hydrogen-bond donors (Lipinski definition) is 1. The van der Waals surface area contributed by atoms with Gasteiger partial charge in [0.15, 0.2) is 0 Å². The molecule has 0 aromatic heterocycles. The molecule has 0 heterocycles. The Morgan fingerprint density at radius 1 is 1.18 bits per heavy atom. The van der Waals surface area contributed by atoms with Gasteiger partial charge in [-0.25, -0.2) is 8.42 Å². The van der Waals surface area contributed by atoms with Crippen LogP contribution in [0.1, 0.15) is 46.4 Å². The SMILES string of the molecule is C=CCN(c1ccc(C(=O)NC(C)c2ccc3c(c2)CCC3)cc1)S(C)(=O)=O. The molecule has 2 aromatic rings. The Bertz CT molecular complexity index is 981. The van der Waals surface area contributed by atoms with Crippen molar-refractivity contribution in [1.29, 1.82) is 0 Å². The van der Waals surface area contributed by atoms with Crippen LogP contribution >= 0.6 is 0 Å². The molecule has 1 unspecified atom stereocenters. The summed E-state index contributed by atoms with van der Waals surface area (Å²) in [5.74, 6) is -0.186. The number of benzene rings is 2. The lowest BCUT2D eigenvalue weighted by Crippen LogP contribution is -2.30. The number of aryl methyl sites for hydroxylation is 2. The molecule has 0 radical (unpaired) electrons. The predicted octanol–water partition coefficient (Wildman–Crippen LogP) is 3.62. The fraction of sp³-hybridized carbons (Fsp3) is 0.318. The fourth-order valence-electron chi connectivity index (χ4n) is 3.55. The normalized spacial score (nSPS) is 14.2. The number of nitrogens with zero attached hydrogens (tertiary/aromatic N) is 1. The minimum atomic E-state index is -3.41. The summed E-state index contributed by atoms with van der Waals surface area (Å²) in [5.41, 5.74) is 4.88. The Hall–Kier alpha value is -2.60. The standard InChI is InChI=1S/C22H26N2O3S/c1-4-14-24(28(3,26)27)21-12-10-18(11-13-21)22(25)23-16(2)19-9-8-17-6-5-7-20(17)15-19/h4,8-13,15-16H,1,5-7,14H2,2-3H3,(H,23,25). The van der Waals surface area contributed by atoms with Gasteiger partial charge in [0.1, 0.15) is 0 Å². The predicted molar refractivity (Wildman–Crippen MR) is 113 cm³/mol. The molecule has 0 fully saturated rings. The number of nitrogens with one attached hydrogen (secondary N) is 1. The topological polar surface area (TPSA) is 66.5 Å². The van der Waals surface area contributed by atoms with Crippen molar-refractivity contribution in [2.75, 3.05) is 17.1 Å². The summed E-state index contributed by atoms with van der Waals surface area (Å²) in [6.07, 6.45) is 6.11. The average molecular weight is 399 g/mol. The molecule has 1 aliphatic carbocycles. The van der Waals surface area contributed by atoms with Gasteiger partial charge in [0.25, 0.3) is 5.91 Å². The zero-order chi connectivity index (χ0) is 20.3. The van der Waals surface area contributed by atoms with Crippen LogP contribution < -0.4 is 9.62 Å². The maximum atomic E-state index is 12.6. The van der Waals surface area contributed by atoms with Gasteiger partial charge in [-0.2, -0.15) is 0 Å². The third kappa shape index (κ3) is 4.44. The van der Waals surface area contributed by atoms with Crippen molar-refractivity contribution in [3.05, 3.63) is 77.4 Å². The molecular formula is C22H26N2O3S. The molecule has 0 saturated heterocycles. The lowest BCUT2D eigenvalue weighted by molar-refractivity contribution is 0.0940. The molecule has 6 heteroatoms. The zero-order valence-corrected chi connectivity index (χ0v) is 17.1. The molecule has 0 aliphatic heterocycles. The number of rotatable bonds is 7. The first kappa shape index (κ1) is 20.1. The lowest BCUT2D eigenvalue weighted by atomic mass is 10.0. The number of carbonyl (C=O) groups is 1. The van der Waals surface area contributed by atoms with Crippen LogP contribution in [-0.4, -0.2) is 27.1 Å². The van der Waals surface area contributed by atoms with Crippen LogP contribution in [0.2, 0.25) is 0 Å². The van der Waals surface area contributed by atoms with Crippen molar-refractivity contribution in [3.63, 3.8) is 0 Å². The molecule has 1 amide bonds. The largest absolute Gasteiger partial charge is 0.346 e. The van der Waals surface area contributed by atoms with E-state index < -0.39 is 10.0 Å². The molecule has 0 bridgehead atoms. The molecular weight excluding hydrogens is 372 g/mol. The van der Waals surface area contributed by atoms with Crippen LogP contribution in [0.15, 0.2) is 55.1 Å². The van der Waals surface area contributed by atoms with Gasteiger partial charge in [0, 0.05) is 5.56 Å². The van der Waals surface area contributed by atoms with E-state index in [-0.39, 0.29) is 18.5 Å². The quantitative estimate of drug-likeness (QED) is 0.725. The molecule has 1 aliphatic rings. The van der Waals surface area contributed by atoms with Gasteiger partial charge >= 0.3 is 0 Å². The van der Waals surface area contributed by atoms with Crippen molar-refractivity contribution in [2.45, 2.75) is 32.2 Å². The van der Waals surface area contributed by atoms with Gasteiger partial charge in [-0.05, 0) is 67.1 Å². The maximum Gasteiger partial charge on any atom is 0.251 e. The number of sulfonamides is 1. The van der Waals surface area contributed by atoms with Crippen molar-refractivity contribution >= 4 is 21.6 Å². The average Bonchev–Trinajstić information content (AvgIpc) is 3.13. The Morgan fingerprint density at radius 3 is 2.50 bits per heavy atom. The Labute approximate surface area is 167 Å². The van der Waals surface area contributed by atoms with Gasteiger partial charge in [-0.3, -0.25) is 9.10 Å². The fourth-order valence-corrected chi connectivity index (χ4v) is 4.43. The number of hydrogen-bond acceptors (Lipinski definition) is 3. The Morgan fingerprint density at radius 2 is 1.86 bits per heavy atom. The van der Waals surface area contributed by atoms with E-state index in [1.165, 1.54) is 27.9 Å². The molecule has 1 N–H and O–H groups in total. The molecule has 0 spiro atoms. The molecule has 5 nitrogen and oxygen atoms in total. The zero-order valence-electron chi connectivity index (χ0n) is 16.3. The van der Waals surface area contributed by atoms with Crippen LogP contribution in [0.3, 0.4) is 0 Å². The minimum Gasteiger partial charge on any atom is -0.346 e. The molecule has 148 valence electrons. The Balaban J connectivity index is 1.71. The molecule has 2 aromatic carbocycles. The van der Waals surface area contributed by atoms with Crippen LogP contribution in [-0.2, 0) is 22.9 Å². The maximum absolute atomic E-state index is 12.6. The minimum absolute atomic E-state index is 0.105. The van der Waals surface area contributed by atoms with Crippen LogP contribution in [0, 0.1) is 0 Å². The van der Waals surface area contributed by atoms with Crippen molar-refractivity contribution < 1.29 is 13.2 Å². The number of fused-ring (bicyclic) bond motifs is 1. The molecule has 1 atom stereocenters. The first-order valence-electron chi connectivity index (χ1n) is 9.41. The monoisotopic (exact) mass is 398 g/mol. The summed E-state index contributed by atoms with van der Waals surface area (Å²) in [4.78, 5) is 12.6. The number of carbonyl (C=O) groups excluding carboxylic acids is 1. The van der Waals surface area contributed by atoms with E-state index >= 15 is 0 Å². The van der Waals surface area contributed by atoms with Gasteiger partial charge in [0.05, 0.1) is 24.5 Å². The van der Waals surface area contributed by atoms with Crippen LogP contribution in [0.4, 0.5) is 5.69 Å². The van der Waals surface area contributed by atoms with E-state index in [4.69, 9.17) is 0 Å². The van der Waals surface area contributed by atoms with Crippen LogP contribution in [0.25, 0.3) is 0 Å². The first-order valence-corrected chi connectivity index (χ1v) is 11.3. The highest BCUT2D eigenvalue weighted by atomic mass is 32.2. The summed E-state index contributed by atoms with van der Waals surface area (Å²) >= 11 is 0. The second-order valence-electron chi connectivity index (χ2n) is 7.21. The van der Waals surface area contributed by atoms with E-state index in [9.17, 15) is 13.2 Å². The lowest BCUT2D eigenvalue weighted by Gasteiger charge is -2.21. The van der Waals surface area contributed by atoms with E-state index in [1.807, 2.05) is 6.92 Å². The van der Waals surface area contributed by atoms with Gasteiger partial charge < -0.3 is 5.32 Å². The summed E-state index contributed by atoms with van der Waals surface area (Å²) in [6, 6.07) is 12.9. The van der Waals surface area contributed by atoms with Crippen molar-refractivity contribution in [3.8, 4) is 0 Å². The van der Waals surface area contributed by atoms with E-state index in [0.717, 1.165) is 24.7 Å². The van der Waals surface area contributed by atoms with E-state index in [1.54, 1.807) is 24.3 Å². The highest BCUT2D eigenvalue weighted by Gasteiger charge is 2.18. The third-order valence-electron chi connectivity index (χ3n) is 5.08. The summed E-state index contributed by atoms with van der Waals surface area (Å²) in [6.45, 7) is 5.75. The first-order chi connectivity index (χ1) is 13.3. The van der Waals surface area contributed by atoms with Crippen LogP contribution in [0.5, 0.6) is 0 Å². The van der Waals surface area contributed by atoms with Crippen molar-refractivity contribution in [2.24, 2.45) is 0 Å². The van der Waals surface area contributed by atoms with E-state index in [0.29, 0.717) is 11.3 Å². The second kappa shape index (κ2) is 8.19. The second-order valence-corrected chi connectivity index (χ2v) is 9.11. The Kier molecular flexibility index (Phi) is 5.89. The molecule has 28 heavy (non-hydrogen) atoms. The highest BCUT2D eigenvalue weighted by molar-refractivity contribution is 7.92. The summed E-state index contributed by atoms with van der Waals surface area (Å²) in [5, 5.41) is 3.02. The molecule has 3 rings (SSSR count). The molecule has 0 saturated carbocycles. The third-order valence-corrected chi connectivity index (χ3v) is 6.24. The van der Waals surface area contributed by atoms with Gasteiger partial charge in [-0.15, -0.1) is 6.58 Å². The summed E-state index contributed by atoms with van der Waals surface area (Å²) in [7, 11) is -3.41. The smallest absolute Gasteiger partial charge is 0.251 e. The summed E-state index contributed by atoms with van der Waals surface area (Å²) < 4.78 is 25.1. The number of anilines is 1.